The molecule has 3 aromatic heterocycles. The largest absolute Gasteiger partial charge is 0.480 e. The molecule has 5 N–H and O–H groups in total. The topological polar surface area (TPSA) is 149 Å². The molecule has 1 aliphatic heterocycles. The number of furan rings is 1. The molecule has 0 amide bonds. The number of nitrogens with two attached hydrogens (primary N) is 1. The number of hydrogen-bond donors (Lipinski definition) is 4. The van der Waals surface area contributed by atoms with Gasteiger partial charge in [-0.2, -0.15) is 9.97 Å². The number of aliphatic hydroxyl groups excluding tert-OH is 3. The zero-order chi connectivity index (χ0) is 18.4. The van der Waals surface area contributed by atoms with Crippen molar-refractivity contribution in [2.75, 3.05) is 19.5 Å². The van der Waals surface area contributed by atoms with E-state index in [1.807, 2.05) is 0 Å². The highest BCUT2D eigenvalue weighted by atomic mass is 16.6. The Morgan fingerprint density at radius 3 is 2.73 bits per heavy atom. The van der Waals surface area contributed by atoms with Crippen LogP contribution in [-0.2, 0) is 4.74 Å². The van der Waals surface area contributed by atoms with Crippen molar-refractivity contribution < 1.29 is 29.2 Å². The van der Waals surface area contributed by atoms with Crippen LogP contribution in [0.1, 0.15) is 6.23 Å². The van der Waals surface area contributed by atoms with Crippen LogP contribution in [0.15, 0.2) is 29.0 Å². The molecule has 0 aromatic carbocycles. The molecule has 3 aromatic rings. The van der Waals surface area contributed by atoms with Crippen molar-refractivity contribution in [2.45, 2.75) is 24.5 Å². The standard InChI is InChI=1S/C16H18N4O6/c1-24-14-10-7(8-3-2-4-25-8)5-20(13(10)18-16(17)19-14)15-12(23)11(22)9(6-21)26-15/h2-5,9,11-12,15,21-23H,6H2,1H3,(H2,17,18,19)/t9-,11-,12-,15-/m1/s1. The second-order valence-corrected chi connectivity index (χ2v) is 5.95. The lowest BCUT2D eigenvalue weighted by atomic mass is 10.1. The van der Waals surface area contributed by atoms with Crippen molar-refractivity contribution in [2.24, 2.45) is 0 Å². The molecule has 4 rings (SSSR count). The van der Waals surface area contributed by atoms with Gasteiger partial charge in [0.1, 0.15) is 24.1 Å². The quantitative estimate of drug-likeness (QED) is 0.499. The summed E-state index contributed by atoms with van der Waals surface area (Å²) in [5.41, 5.74) is 6.73. The second kappa shape index (κ2) is 6.25. The number of rotatable bonds is 4. The summed E-state index contributed by atoms with van der Waals surface area (Å²) in [6, 6.07) is 3.49. The summed E-state index contributed by atoms with van der Waals surface area (Å²) in [6.45, 7) is -0.431. The number of aromatic nitrogens is 3. The average molecular weight is 362 g/mol. The zero-order valence-corrected chi connectivity index (χ0v) is 13.8. The van der Waals surface area contributed by atoms with E-state index in [-0.39, 0.29) is 11.8 Å². The fourth-order valence-electron chi connectivity index (χ4n) is 3.20. The van der Waals surface area contributed by atoms with Gasteiger partial charge in [0.25, 0.3) is 0 Å². The van der Waals surface area contributed by atoms with E-state index in [2.05, 4.69) is 9.97 Å². The number of hydrogen-bond acceptors (Lipinski definition) is 9. The molecule has 0 spiro atoms. The molecule has 10 heteroatoms. The lowest BCUT2D eigenvalue weighted by molar-refractivity contribution is -0.0508. The third kappa shape index (κ3) is 2.42. The molecule has 1 fully saturated rings. The maximum atomic E-state index is 10.4. The van der Waals surface area contributed by atoms with Gasteiger partial charge in [0.15, 0.2) is 11.9 Å². The number of aliphatic hydroxyl groups is 3. The van der Waals surface area contributed by atoms with Crippen LogP contribution < -0.4 is 10.5 Å². The summed E-state index contributed by atoms with van der Waals surface area (Å²) in [5, 5.41) is 30.3. The summed E-state index contributed by atoms with van der Waals surface area (Å²) >= 11 is 0. The number of methoxy groups -OCH3 is 1. The van der Waals surface area contributed by atoms with Crippen LogP contribution in [0.25, 0.3) is 22.4 Å². The highest BCUT2D eigenvalue weighted by Gasteiger charge is 2.44. The van der Waals surface area contributed by atoms with E-state index in [4.69, 9.17) is 19.6 Å². The first-order chi connectivity index (χ1) is 12.5. The molecular weight excluding hydrogens is 344 g/mol. The van der Waals surface area contributed by atoms with Crippen LogP contribution >= 0.6 is 0 Å². The third-order valence-electron chi connectivity index (χ3n) is 4.43. The van der Waals surface area contributed by atoms with Gasteiger partial charge in [-0.05, 0) is 12.1 Å². The van der Waals surface area contributed by atoms with Crippen LogP contribution in [0.5, 0.6) is 5.88 Å². The SMILES string of the molecule is COc1nc(N)nc2c1c(-c1ccco1)cn2[C@@H]1O[C@H](CO)[C@@H](O)[C@H]1O. The van der Waals surface area contributed by atoms with Crippen LogP contribution in [0.3, 0.4) is 0 Å². The first-order valence-corrected chi connectivity index (χ1v) is 7.93. The molecule has 4 atom stereocenters. The third-order valence-corrected chi connectivity index (χ3v) is 4.43. The Hall–Kier alpha value is -2.66. The van der Waals surface area contributed by atoms with E-state index in [1.54, 1.807) is 18.3 Å². The Morgan fingerprint density at radius 2 is 2.12 bits per heavy atom. The lowest BCUT2D eigenvalue weighted by Crippen LogP contribution is -2.33. The molecule has 138 valence electrons. The summed E-state index contributed by atoms with van der Waals surface area (Å²) in [4.78, 5) is 8.33. The molecule has 10 nitrogen and oxygen atoms in total. The average Bonchev–Trinajstić information content (AvgIpc) is 3.34. The minimum atomic E-state index is -1.27. The predicted octanol–water partition coefficient (Wildman–Crippen LogP) is -0.106. The summed E-state index contributed by atoms with van der Waals surface area (Å²) in [6.07, 6.45) is -1.23. The number of fused-ring (bicyclic) bond motifs is 1. The van der Waals surface area contributed by atoms with Gasteiger partial charge in [0, 0.05) is 11.8 Å². The summed E-state index contributed by atoms with van der Waals surface area (Å²) in [5.74, 6) is 0.753. The van der Waals surface area contributed by atoms with Crippen LogP contribution in [-0.4, -0.2) is 61.9 Å². The molecule has 4 heterocycles. The number of nitrogen functional groups attached to an aromatic ring is 1. The summed E-state index contributed by atoms with van der Waals surface area (Å²) in [7, 11) is 1.46. The van der Waals surface area contributed by atoms with E-state index < -0.39 is 31.1 Å². The highest BCUT2D eigenvalue weighted by molar-refractivity contribution is 5.97. The first-order valence-electron chi connectivity index (χ1n) is 7.93. The molecule has 1 aliphatic rings. The fourth-order valence-corrected chi connectivity index (χ4v) is 3.20. The molecule has 0 aliphatic carbocycles. The molecule has 0 saturated carbocycles. The van der Waals surface area contributed by atoms with Gasteiger partial charge in [0.2, 0.25) is 11.8 Å². The molecule has 1 saturated heterocycles. The van der Waals surface area contributed by atoms with Gasteiger partial charge in [-0.3, -0.25) is 0 Å². The van der Waals surface area contributed by atoms with E-state index in [1.165, 1.54) is 17.9 Å². The Bertz CT molecular complexity index is 925. The Morgan fingerprint density at radius 1 is 1.31 bits per heavy atom. The molecule has 0 bridgehead atoms. The van der Waals surface area contributed by atoms with E-state index in [9.17, 15) is 15.3 Å². The number of anilines is 1. The Kier molecular flexibility index (Phi) is 4.04. The second-order valence-electron chi connectivity index (χ2n) is 5.95. The highest BCUT2D eigenvalue weighted by Crippen LogP contribution is 2.40. The predicted molar refractivity (Wildman–Crippen MR) is 89.2 cm³/mol. The monoisotopic (exact) mass is 362 g/mol. The molecule has 26 heavy (non-hydrogen) atoms. The smallest absolute Gasteiger partial charge is 0.228 e. The van der Waals surface area contributed by atoms with Gasteiger partial charge in [-0.15, -0.1) is 0 Å². The first kappa shape index (κ1) is 16.8. The fraction of sp³-hybridized carbons (Fsp3) is 0.375. The van der Waals surface area contributed by atoms with Crippen molar-refractivity contribution in [3.8, 4) is 17.2 Å². The van der Waals surface area contributed by atoms with Crippen molar-refractivity contribution in [1.29, 1.82) is 0 Å². The number of nitrogens with zero attached hydrogens (tertiary/aromatic N) is 3. The van der Waals surface area contributed by atoms with Crippen molar-refractivity contribution in [3.63, 3.8) is 0 Å². The van der Waals surface area contributed by atoms with Crippen LogP contribution in [0.2, 0.25) is 0 Å². The van der Waals surface area contributed by atoms with Crippen molar-refractivity contribution >= 4 is 17.0 Å². The number of ether oxygens (including phenoxy) is 2. The van der Waals surface area contributed by atoms with Crippen molar-refractivity contribution in [3.05, 3.63) is 24.6 Å². The maximum absolute atomic E-state index is 10.4. The molecule has 0 unspecified atom stereocenters. The van der Waals surface area contributed by atoms with Gasteiger partial charge in [-0.1, -0.05) is 0 Å². The molecule has 0 radical (unpaired) electrons. The van der Waals surface area contributed by atoms with Gasteiger partial charge in [-0.25, -0.2) is 0 Å². The van der Waals surface area contributed by atoms with E-state index in [0.717, 1.165) is 0 Å². The minimum absolute atomic E-state index is 0.0218. The maximum Gasteiger partial charge on any atom is 0.228 e. The summed E-state index contributed by atoms with van der Waals surface area (Å²) < 4.78 is 17.9. The van der Waals surface area contributed by atoms with Gasteiger partial charge >= 0.3 is 0 Å². The van der Waals surface area contributed by atoms with Gasteiger partial charge in [0.05, 0.1) is 25.4 Å². The van der Waals surface area contributed by atoms with Crippen LogP contribution in [0.4, 0.5) is 5.95 Å². The normalized spacial score (nSPS) is 25.8. The molecular formula is C16H18N4O6. The minimum Gasteiger partial charge on any atom is -0.480 e. The van der Waals surface area contributed by atoms with Gasteiger partial charge < -0.3 is 39.5 Å². The zero-order valence-electron chi connectivity index (χ0n) is 13.8. The van der Waals surface area contributed by atoms with E-state index in [0.29, 0.717) is 22.4 Å². The Balaban J connectivity index is 1.95. The van der Waals surface area contributed by atoms with Crippen molar-refractivity contribution in [1.82, 2.24) is 14.5 Å². The lowest BCUT2D eigenvalue weighted by Gasteiger charge is -2.17. The Labute approximate surface area is 147 Å². The van der Waals surface area contributed by atoms with E-state index >= 15 is 0 Å². The van der Waals surface area contributed by atoms with Crippen LogP contribution in [0, 0.1) is 0 Å².